The molecule has 1 fully saturated rings. The summed E-state index contributed by atoms with van der Waals surface area (Å²) in [5.41, 5.74) is 1.59. The maximum Gasteiger partial charge on any atom is 0.257 e. The number of carbonyl (C=O) groups is 1. The van der Waals surface area contributed by atoms with Gasteiger partial charge in [0.05, 0.1) is 5.56 Å². The van der Waals surface area contributed by atoms with Crippen LogP contribution in [-0.4, -0.2) is 56.9 Å². The van der Waals surface area contributed by atoms with E-state index >= 15 is 0 Å². The highest BCUT2D eigenvalue weighted by Crippen LogP contribution is 2.15. The number of aryl methyl sites for hydroxylation is 2. The maximum absolute atomic E-state index is 12.5. The van der Waals surface area contributed by atoms with E-state index in [4.69, 9.17) is 0 Å². The molecule has 1 saturated heterocycles. The van der Waals surface area contributed by atoms with Crippen molar-refractivity contribution in [1.82, 2.24) is 24.8 Å². The second kappa shape index (κ2) is 7.33. The van der Waals surface area contributed by atoms with Crippen LogP contribution in [0.4, 0.5) is 5.82 Å². The lowest BCUT2D eigenvalue weighted by Gasteiger charge is -2.35. The van der Waals surface area contributed by atoms with E-state index in [2.05, 4.69) is 31.8 Å². The molecule has 0 saturated carbocycles. The first-order valence-electron chi connectivity index (χ1n) is 8.37. The van der Waals surface area contributed by atoms with Crippen LogP contribution in [0.15, 0.2) is 24.8 Å². The van der Waals surface area contributed by atoms with Crippen LogP contribution in [0.1, 0.15) is 35.7 Å². The number of amides is 1. The summed E-state index contributed by atoms with van der Waals surface area (Å²) < 4.78 is 0. The van der Waals surface area contributed by atoms with E-state index in [1.165, 1.54) is 0 Å². The van der Waals surface area contributed by atoms with Gasteiger partial charge in [-0.1, -0.05) is 13.8 Å². The fourth-order valence-electron chi connectivity index (χ4n) is 2.72. The maximum atomic E-state index is 12.5. The molecule has 0 N–H and O–H groups in total. The van der Waals surface area contributed by atoms with Crippen molar-refractivity contribution in [1.29, 1.82) is 0 Å². The monoisotopic (exact) mass is 326 g/mol. The Kier molecular flexibility index (Phi) is 4.98. The number of nitrogens with zero attached hydrogens (tertiary/aromatic N) is 6. The number of anilines is 1. The van der Waals surface area contributed by atoms with E-state index in [-0.39, 0.29) is 5.91 Å². The normalized spacial score (nSPS) is 14.8. The molecule has 0 radical (unpaired) electrons. The van der Waals surface area contributed by atoms with Gasteiger partial charge >= 0.3 is 0 Å². The standard InChI is InChI=1S/C17H22N6O/c1-3-14-9-16(21-12-20-14)22-5-7-23(8-6-22)17(24)13-10-18-15(4-2)19-11-13/h9-12H,3-8H2,1-2H3. The van der Waals surface area contributed by atoms with Crippen LogP contribution in [0.25, 0.3) is 0 Å². The van der Waals surface area contributed by atoms with Crippen molar-refractivity contribution in [3.63, 3.8) is 0 Å². The Labute approximate surface area is 141 Å². The molecule has 2 aromatic heterocycles. The predicted octanol–water partition coefficient (Wildman–Crippen LogP) is 1.35. The Bertz CT molecular complexity index is 694. The van der Waals surface area contributed by atoms with Gasteiger partial charge in [0, 0.05) is 56.8 Å². The minimum Gasteiger partial charge on any atom is -0.353 e. The molecule has 7 nitrogen and oxygen atoms in total. The molecule has 3 heterocycles. The summed E-state index contributed by atoms with van der Waals surface area (Å²) in [5.74, 6) is 1.69. The summed E-state index contributed by atoms with van der Waals surface area (Å²) in [7, 11) is 0. The molecule has 0 unspecified atom stereocenters. The lowest BCUT2D eigenvalue weighted by Crippen LogP contribution is -2.49. The van der Waals surface area contributed by atoms with Crippen molar-refractivity contribution < 1.29 is 4.79 Å². The van der Waals surface area contributed by atoms with Crippen molar-refractivity contribution in [3.8, 4) is 0 Å². The molecule has 1 amide bonds. The van der Waals surface area contributed by atoms with Crippen LogP contribution in [0, 0.1) is 0 Å². The molecule has 0 aromatic carbocycles. The van der Waals surface area contributed by atoms with Gasteiger partial charge in [0.1, 0.15) is 18.0 Å². The first kappa shape index (κ1) is 16.3. The van der Waals surface area contributed by atoms with E-state index < -0.39 is 0 Å². The second-order valence-corrected chi connectivity index (χ2v) is 5.74. The Morgan fingerprint density at radius 2 is 1.71 bits per heavy atom. The van der Waals surface area contributed by atoms with Gasteiger partial charge in [-0.3, -0.25) is 4.79 Å². The number of aromatic nitrogens is 4. The van der Waals surface area contributed by atoms with Crippen LogP contribution in [0.2, 0.25) is 0 Å². The first-order valence-corrected chi connectivity index (χ1v) is 8.37. The smallest absolute Gasteiger partial charge is 0.257 e. The van der Waals surface area contributed by atoms with Gasteiger partial charge < -0.3 is 9.80 Å². The highest BCUT2D eigenvalue weighted by Gasteiger charge is 2.23. The average Bonchev–Trinajstić information content (AvgIpc) is 2.67. The number of piperazine rings is 1. The molecule has 0 bridgehead atoms. The molecular weight excluding hydrogens is 304 g/mol. The zero-order valence-corrected chi connectivity index (χ0v) is 14.1. The molecule has 1 aliphatic heterocycles. The summed E-state index contributed by atoms with van der Waals surface area (Å²) >= 11 is 0. The van der Waals surface area contributed by atoms with E-state index in [1.54, 1.807) is 18.7 Å². The van der Waals surface area contributed by atoms with Crippen molar-refractivity contribution in [2.24, 2.45) is 0 Å². The number of rotatable bonds is 4. The van der Waals surface area contributed by atoms with Crippen molar-refractivity contribution in [3.05, 3.63) is 41.9 Å². The van der Waals surface area contributed by atoms with Crippen molar-refractivity contribution in [2.75, 3.05) is 31.1 Å². The summed E-state index contributed by atoms with van der Waals surface area (Å²) in [6.45, 7) is 6.93. The minimum absolute atomic E-state index is 0.00534. The van der Waals surface area contributed by atoms with Crippen LogP contribution in [0.3, 0.4) is 0 Å². The fourth-order valence-corrected chi connectivity index (χ4v) is 2.72. The third-order valence-electron chi connectivity index (χ3n) is 4.23. The average molecular weight is 326 g/mol. The molecule has 1 aliphatic rings. The number of carbonyl (C=O) groups excluding carboxylic acids is 1. The van der Waals surface area contributed by atoms with Crippen LogP contribution >= 0.6 is 0 Å². The minimum atomic E-state index is -0.00534. The summed E-state index contributed by atoms with van der Waals surface area (Å²) in [4.78, 5) is 33.6. The molecule has 7 heteroatoms. The quantitative estimate of drug-likeness (QED) is 0.844. The Morgan fingerprint density at radius 1 is 1.00 bits per heavy atom. The van der Waals surface area contributed by atoms with Crippen molar-refractivity contribution >= 4 is 11.7 Å². The van der Waals surface area contributed by atoms with Gasteiger partial charge in [0.2, 0.25) is 0 Å². The summed E-state index contributed by atoms with van der Waals surface area (Å²) in [6, 6.07) is 2.02. The predicted molar refractivity (Wildman–Crippen MR) is 90.9 cm³/mol. The highest BCUT2D eigenvalue weighted by molar-refractivity contribution is 5.93. The van der Waals surface area contributed by atoms with Gasteiger partial charge in [-0.05, 0) is 6.42 Å². The number of hydrogen-bond acceptors (Lipinski definition) is 6. The lowest BCUT2D eigenvalue weighted by atomic mass is 10.2. The number of hydrogen-bond donors (Lipinski definition) is 0. The van der Waals surface area contributed by atoms with Crippen molar-refractivity contribution in [2.45, 2.75) is 26.7 Å². The molecular formula is C17H22N6O. The molecule has 0 spiro atoms. The van der Waals surface area contributed by atoms with E-state index in [9.17, 15) is 4.79 Å². The molecule has 126 valence electrons. The van der Waals surface area contributed by atoms with E-state index in [0.29, 0.717) is 18.7 Å². The Balaban J connectivity index is 1.62. The third kappa shape index (κ3) is 3.50. The van der Waals surface area contributed by atoms with Gasteiger partial charge in [-0.25, -0.2) is 19.9 Å². The van der Waals surface area contributed by atoms with Gasteiger partial charge in [0.25, 0.3) is 5.91 Å². The van der Waals surface area contributed by atoms with Gasteiger partial charge in [0.15, 0.2) is 0 Å². The van der Waals surface area contributed by atoms with Crippen LogP contribution < -0.4 is 4.90 Å². The summed E-state index contributed by atoms with van der Waals surface area (Å²) in [5, 5.41) is 0. The van der Waals surface area contributed by atoms with Gasteiger partial charge in [-0.2, -0.15) is 0 Å². The highest BCUT2D eigenvalue weighted by atomic mass is 16.2. The zero-order chi connectivity index (χ0) is 16.9. The third-order valence-corrected chi connectivity index (χ3v) is 4.23. The Morgan fingerprint density at radius 3 is 2.33 bits per heavy atom. The van der Waals surface area contributed by atoms with Crippen LogP contribution in [-0.2, 0) is 12.8 Å². The fraction of sp³-hybridized carbons (Fsp3) is 0.471. The zero-order valence-electron chi connectivity index (χ0n) is 14.1. The topological polar surface area (TPSA) is 75.1 Å². The molecule has 0 aliphatic carbocycles. The molecule has 0 atom stereocenters. The van der Waals surface area contributed by atoms with Gasteiger partial charge in [-0.15, -0.1) is 0 Å². The summed E-state index contributed by atoms with van der Waals surface area (Å²) in [6.07, 6.45) is 6.52. The lowest BCUT2D eigenvalue weighted by molar-refractivity contribution is 0.0745. The molecule has 3 rings (SSSR count). The van der Waals surface area contributed by atoms with Crippen LogP contribution in [0.5, 0.6) is 0 Å². The molecule has 2 aromatic rings. The molecule has 24 heavy (non-hydrogen) atoms. The SMILES string of the molecule is CCc1cc(N2CCN(C(=O)c3cnc(CC)nc3)CC2)ncn1. The second-order valence-electron chi connectivity index (χ2n) is 5.74. The Hall–Kier alpha value is -2.57. The first-order chi connectivity index (χ1) is 11.7. The van der Waals surface area contributed by atoms with E-state index in [0.717, 1.165) is 43.3 Å². The van der Waals surface area contributed by atoms with E-state index in [1.807, 2.05) is 17.9 Å². The largest absolute Gasteiger partial charge is 0.353 e.